The van der Waals surface area contributed by atoms with Gasteiger partial charge in [0.25, 0.3) is 11.8 Å². The fraction of sp³-hybridized carbons (Fsp3) is 0.435. The zero-order valence-corrected chi connectivity index (χ0v) is 17.2. The van der Waals surface area contributed by atoms with Crippen LogP contribution in [0.1, 0.15) is 53.2 Å². The standard InChI is InChI=1S/C23H23F2N3O3/c1-14-8-16(13-26-12-14)21(29)27-6-4-23(5-7-27)22(30)28-19(2-3-20(28)31-23)15-9-17(24)11-18(25)10-15/h8-13,19-20H,2-7H2,1H3/t19-,20?/m0/s1. The highest BCUT2D eigenvalue weighted by molar-refractivity contribution is 5.94. The summed E-state index contributed by atoms with van der Waals surface area (Å²) in [5.41, 5.74) is 0.919. The maximum Gasteiger partial charge on any atom is 0.257 e. The van der Waals surface area contributed by atoms with Gasteiger partial charge in [-0.25, -0.2) is 8.78 Å². The van der Waals surface area contributed by atoms with Crippen LogP contribution in [0.25, 0.3) is 0 Å². The van der Waals surface area contributed by atoms with Crippen molar-refractivity contribution in [3.05, 3.63) is 65.0 Å². The lowest BCUT2D eigenvalue weighted by Crippen LogP contribution is -2.51. The van der Waals surface area contributed by atoms with E-state index >= 15 is 0 Å². The van der Waals surface area contributed by atoms with E-state index in [0.29, 0.717) is 49.9 Å². The summed E-state index contributed by atoms with van der Waals surface area (Å²) in [6.45, 7) is 2.69. The van der Waals surface area contributed by atoms with Gasteiger partial charge in [0.1, 0.15) is 17.9 Å². The van der Waals surface area contributed by atoms with Crippen molar-refractivity contribution in [3.8, 4) is 0 Å². The molecule has 5 rings (SSSR count). The molecule has 0 radical (unpaired) electrons. The Bertz CT molecular complexity index is 1030. The molecule has 0 saturated carbocycles. The van der Waals surface area contributed by atoms with E-state index in [1.54, 1.807) is 28.3 Å². The number of likely N-dealkylation sites (tertiary alicyclic amines) is 1. The number of hydrogen-bond acceptors (Lipinski definition) is 4. The Labute approximate surface area is 178 Å². The van der Waals surface area contributed by atoms with Crippen LogP contribution in [-0.2, 0) is 9.53 Å². The number of halogens is 2. The zero-order valence-electron chi connectivity index (χ0n) is 17.2. The average molecular weight is 427 g/mol. The number of pyridine rings is 1. The van der Waals surface area contributed by atoms with E-state index in [9.17, 15) is 18.4 Å². The second kappa shape index (κ2) is 7.37. The van der Waals surface area contributed by atoms with Crippen LogP contribution in [0.4, 0.5) is 8.78 Å². The lowest BCUT2D eigenvalue weighted by Gasteiger charge is -2.37. The first-order valence-electron chi connectivity index (χ1n) is 10.5. The van der Waals surface area contributed by atoms with Crippen LogP contribution in [-0.4, -0.2) is 51.5 Å². The predicted octanol–water partition coefficient (Wildman–Crippen LogP) is 3.36. The van der Waals surface area contributed by atoms with Gasteiger partial charge in [-0.2, -0.15) is 0 Å². The van der Waals surface area contributed by atoms with Crippen molar-refractivity contribution in [2.24, 2.45) is 0 Å². The molecule has 3 saturated heterocycles. The molecule has 1 unspecified atom stereocenters. The number of fused-ring (bicyclic) bond motifs is 1. The molecule has 2 aromatic rings. The van der Waals surface area contributed by atoms with Crippen LogP contribution < -0.4 is 0 Å². The molecule has 162 valence electrons. The number of piperidine rings is 1. The molecule has 6 nitrogen and oxygen atoms in total. The summed E-state index contributed by atoms with van der Waals surface area (Å²) in [5.74, 6) is -1.56. The SMILES string of the molecule is Cc1cncc(C(=O)N2CCC3(CC2)OC2CC[C@@H](c4cc(F)cc(F)c4)N2C3=O)c1. The van der Waals surface area contributed by atoms with Gasteiger partial charge in [0, 0.05) is 44.4 Å². The van der Waals surface area contributed by atoms with Crippen molar-refractivity contribution in [3.63, 3.8) is 0 Å². The summed E-state index contributed by atoms with van der Waals surface area (Å²) >= 11 is 0. The van der Waals surface area contributed by atoms with Gasteiger partial charge in [0.05, 0.1) is 11.6 Å². The fourth-order valence-corrected chi connectivity index (χ4v) is 5.07. The maximum atomic E-state index is 13.7. The number of amides is 2. The molecule has 1 aromatic carbocycles. The van der Waals surface area contributed by atoms with Gasteiger partial charge in [-0.3, -0.25) is 14.6 Å². The Morgan fingerprint density at radius 3 is 2.48 bits per heavy atom. The average Bonchev–Trinajstić information content (AvgIpc) is 3.26. The van der Waals surface area contributed by atoms with E-state index < -0.39 is 29.5 Å². The molecule has 31 heavy (non-hydrogen) atoms. The Balaban J connectivity index is 1.32. The smallest absolute Gasteiger partial charge is 0.257 e. The molecule has 0 bridgehead atoms. The Kier molecular flexibility index (Phi) is 4.77. The molecule has 0 N–H and O–H groups in total. The van der Waals surface area contributed by atoms with E-state index in [1.807, 2.05) is 6.92 Å². The van der Waals surface area contributed by atoms with E-state index in [1.165, 1.54) is 12.1 Å². The van der Waals surface area contributed by atoms with Gasteiger partial charge < -0.3 is 14.5 Å². The number of carbonyl (C=O) groups excluding carboxylic acids is 2. The number of ether oxygens (including phenoxy) is 1. The number of benzene rings is 1. The number of hydrogen-bond donors (Lipinski definition) is 0. The highest BCUT2D eigenvalue weighted by atomic mass is 19.1. The molecule has 4 heterocycles. The van der Waals surface area contributed by atoms with Crippen LogP contribution in [0, 0.1) is 18.6 Å². The predicted molar refractivity (Wildman–Crippen MR) is 107 cm³/mol. The molecule has 1 aromatic heterocycles. The van der Waals surface area contributed by atoms with Crippen LogP contribution >= 0.6 is 0 Å². The molecule has 3 fully saturated rings. The number of carbonyl (C=O) groups is 2. The largest absolute Gasteiger partial charge is 0.342 e. The molecule has 8 heteroatoms. The molecule has 2 atom stereocenters. The van der Waals surface area contributed by atoms with Gasteiger partial charge in [0.15, 0.2) is 5.60 Å². The van der Waals surface area contributed by atoms with Gasteiger partial charge in [-0.1, -0.05) is 0 Å². The number of rotatable bonds is 2. The monoisotopic (exact) mass is 427 g/mol. The summed E-state index contributed by atoms with van der Waals surface area (Å²) in [7, 11) is 0. The van der Waals surface area contributed by atoms with Gasteiger partial charge in [-0.05, 0) is 49.1 Å². The first kappa shape index (κ1) is 20.1. The summed E-state index contributed by atoms with van der Waals surface area (Å²) in [4.78, 5) is 33.7. The first-order chi connectivity index (χ1) is 14.9. The van der Waals surface area contributed by atoms with E-state index in [4.69, 9.17) is 4.74 Å². The second-order valence-electron chi connectivity index (χ2n) is 8.62. The summed E-state index contributed by atoms with van der Waals surface area (Å²) in [6, 6.07) is 4.79. The third-order valence-electron chi connectivity index (χ3n) is 6.57. The highest BCUT2D eigenvalue weighted by Gasteiger charge is 2.58. The molecule has 2 amide bonds. The molecule has 3 aliphatic heterocycles. The van der Waals surface area contributed by atoms with E-state index in [2.05, 4.69) is 4.98 Å². The van der Waals surface area contributed by atoms with Gasteiger partial charge in [0.2, 0.25) is 0 Å². The minimum Gasteiger partial charge on any atom is -0.342 e. The molecule has 3 aliphatic rings. The van der Waals surface area contributed by atoms with Crippen molar-refractivity contribution >= 4 is 11.8 Å². The van der Waals surface area contributed by atoms with E-state index in [0.717, 1.165) is 11.6 Å². The maximum absolute atomic E-state index is 13.7. The first-order valence-corrected chi connectivity index (χ1v) is 10.5. The van der Waals surface area contributed by atoms with Crippen molar-refractivity contribution in [2.45, 2.75) is 50.5 Å². The number of nitrogens with zero attached hydrogens (tertiary/aromatic N) is 3. The minimum absolute atomic E-state index is 0.106. The second-order valence-corrected chi connectivity index (χ2v) is 8.62. The van der Waals surface area contributed by atoms with Crippen LogP contribution in [0.15, 0.2) is 36.7 Å². The van der Waals surface area contributed by atoms with Crippen LogP contribution in [0.2, 0.25) is 0 Å². The topological polar surface area (TPSA) is 62.7 Å². The highest BCUT2D eigenvalue weighted by Crippen LogP contribution is 2.47. The summed E-state index contributed by atoms with van der Waals surface area (Å²) in [5, 5.41) is 0. The lowest BCUT2D eigenvalue weighted by atomic mass is 9.89. The van der Waals surface area contributed by atoms with Crippen molar-refractivity contribution in [1.29, 1.82) is 0 Å². The van der Waals surface area contributed by atoms with Gasteiger partial charge >= 0.3 is 0 Å². The number of aromatic nitrogens is 1. The van der Waals surface area contributed by atoms with Crippen molar-refractivity contribution in [1.82, 2.24) is 14.8 Å². The molecular formula is C23H23F2N3O3. The lowest BCUT2D eigenvalue weighted by molar-refractivity contribution is -0.142. The third-order valence-corrected chi connectivity index (χ3v) is 6.57. The van der Waals surface area contributed by atoms with Crippen molar-refractivity contribution < 1.29 is 23.1 Å². The normalized spacial score (nSPS) is 24.7. The Hall–Kier alpha value is -2.87. The molecule has 0 aliphatic carbocycles. The molecular weight excluding hydrogens is 404 g/mol. The third kappa shape index (κ3) is 3.39. The van der Waals surface area contributed by atoms with Crippen LogP contribution in [0.3, 0.4) is 0 Å². The Morgan fingerprint density at radius 2 is 1.81 bits per heavy atom. The quantitative estimate of drug-likeness (QED) is 0.737. The van der Waals surface area contributed by atoms with Crippen LogP contribution in [0.5, 0.6) is 0 Å². The van der Waals surface area contributed by atoms with E-state index in [-0.39, 0.29) is 11.8 Å². The minimum atomic E-state index is -0.975. The molecule has 1 spiro atoms. The summed E-state index contributed by atoms with van der Waals surface area (Å²) < 4.78 is 33.7. The van der Waals surface area contributed by atoms with Crippen molar-refractivity contribution in [2.75, 3.05) is 13.1 Å². The number of aryl methyl sites for hydroxylation is 1. The van der Waals surface area contributed by atoms with Gasteiger partial charge in [-0.15, -0.1) is 0 Å². The zero-order chi connectivity index (χ0) is 21.8. The fourth-order valence-electron chi connectivity index (χ4n) is 5.07. The summed E-state index contributed by atoms with van der Waals surface area (Å²) in [6.07, 6.45) is 4.86. The Morgan fingerprint density at radius 1 is 1.10 bits per heavy atom.